The van der Waals surface area contributed by atoms with Crippen LogP contribution in [0.1, 0.15) is 31.4 Å². The molecule has 7 nitrogen and oxygen atoms in total. The molecule has 3 amide bonds. The average molecular weight is 462 g/mol. The molecule has 3 aromatic rings. The molecule has 4 N–H and O–H groups in total. The minimum atomic E-state index is -0.921. The number of hydrogen-bond donors (Lipinski definition) is 3. The van der Waals surface area contributed by atoms with Crippen molar-refractivity contribution in [2.75, 3.05) is 0 Å². The molecular weight excluding hydrogens is 430 g/mol. The minimum Gasteiger partial charge on any atom is -0.445 e. The highest BCUT2D eigenvalue weighted by atomic mass is 16.5. The molecule has 0 unspecified atom stereocenters. The van der Waals surface area contributed by atoms with Crippen LogP contribution < -0.4 is 16.4 Å². The minimum absolute atomic E-state index is 0.0910. The van der Waals surface area contributed by atoms with Gasteiger partial charge < -0.3 is 21.1 Å². The van der Waals surface area contributed by atoms with Gasteiger partial charge in [-0.3, -0.25) is 9.59 Å². The van der Waals surface area contributed by atoms with Crippen molar-refractivity contribution in [2.24, 2.45) is 11.7 Å². The van der Waals surface area contributed by atoms with E-state index in [0.717, 1.165) is 21.9 Å². The van der Waals surface area contributed by atoms with Crippen LogP contribution in [0.4, 0.5) is 4.79 Å². The standard InChI is InChI=1S/C27H31N3O4/c1-18(2)15-24(30-27(33)34-17-19-9-4-3-5-10-19)26(32)29-23(25(28)31)16-21-13-8-12-20-11-6-7-14-22(20)21/h3-14,18,23-24H,15-17H2,1-2H3,(H2,28,31)(H,29,32)(H,30,33)/t23-,24+/m1/s1. The quantitative estimate of drug-likeness (QED) is 0.428. The third-order valence-electron chi connectivity index (χ3n) is 5.49. The van der Waals surface area contributed by atoms with Crippen LogP contribution in [0.5, 0.6) is 0 Å². The molecule has 0 heterocycles. The van der Waals surface area contributed by atoms with Gasteiger partial charge in [0.1, 0.15) is 18.7 Å². The van der Waals surface area contributed by atoms with E-state index in [1.165, 1.54) is 0 Å². The van der Waals surface area contributed by atoms with Crippen molar-refractivity contribution < 1.29 is 19.1 Å². The number of fused-ring (bicyclic) bond motifs is 1. The zero-order chi connectivity index (χ0) is 24.5. The van der Waals surface area contributed by atoms with Gasteiger partial charge in [-0.25, -0.2) is 4.79 Å². The number of amides is 3. The summed E-state index contributed by atoms with van der Waals surface area (Å²) in [6, 6.07) is 21.1. The molecule has 0 radical (unpaired) electrons. The molecule has 3 aromatic carbocycles. The monoisotopic (exact) mass is 461 g/mol. The van der Waals surface area contributed by atoms with Crippen LogP contribution >= 0.6 is 0 Å². The van der Waals surface area contributed by atoms with Crippen molar-refractivity contribution >= 4 is 28.7 Å². The highest BCUT2D eigenvalue weighted by Crippen LogP contribution is 2.20. The van der Waals surface area contributed by atoms with Crippen LogP contribution in [0.2, 0.25) is 0 Å². The van der Waals surface area contributed by atoms with Crippen molar-refractivity contribution in [3.05, 3.63) is 83.9 Å². The fourth-order valence-electron chi connectivity index (χ4n) is 3.80. The van der Waals surface area contributed by atoms with Crippen molar-refractivity contribution in [3.8, 4) is 0 Å². The fraction of sp³-hybridized carbons (Fsp3) is 0.296. The first-order chi connectivity index (χ1) is 16.3. The van der Waals surface area contributed by atoms with Gasteiger partial charge in [-0.1, -0.05) is 86.6 Å². The number of primary amides is 1. The second-order valence-corrected chi connectivity index (χ2v) is 8.69. The van der Waals surface area contributed by atoms with Crippen molar-refractivity contribution in [1.82, 2.24) is 10.6 Å². The Morgan fingerprint density at radius 2 is 1.53 bits per heavy atom. The van der Waals surface area contributed by atoms with Gasteiger partial charge >= 0.3 is 6.09 Å². The van der Waals surface area contributed by atoms with Crippen LogP contribution in [-0.2, 0) is 27.4 Å². The summed E-state index contributed by atoms with van der Waals surface area (Å²) in [6.45, 7) is 3.98. The molecule has 0 aliphatic heterocycles. The summed E-state index contributed by atoms with van der Waals surface area (Å²) in [6.07, 6.45) is -0.0734. The Kier molecular flexibility index (Phi) is 8.62. The van der Waals surface area contributed by atoms with Crippen molar-refractivity contribution in [3.63, 3.8) is 0 Å². The number of nitrogens with two attached hydrogens (primary N) is 1. The van der Waals surface area contributed by atoms with Crippen molar-refractivity contribution in [1.29, 1.82) is 0 Å². The van der Waals surface area contributed by atoms with E-state index in [0.29, 0.717) is 6.42 Å². The van der Waals surface area contributed by atoms with Crippen LogP contribution in [0, 0.1) is 5.92 Å². The van der Waals surface area contributed by atoms with Gasteiger partial charge in [0.2, 0.25) is 11.8 Å². The van der Waals surface area contributed by atoms with E-state index in [-0.39, 0.29) is 18.9 Å². The predicted molar refractivity (Wildman–Crippen MR) is 132 cm³/mol. The number of alkyl carbamates (subject to hydrolysis) is 1. The Morgan fingerprint density at radius 3 is 2.24 bits per heavy atom. The third kappa shape index (κ3) is 7.07. The van der Waals surface area contributed by atoms with Gasteiger partial charge in [0, 0.05) is 6.42 Å². The highest BCUT2D eigenvalue weighted by molar-refractivity contribution is 5.92. The first kappa shape index (κ1) is 24.8. The molecule has 3 rings (SSSR count). The van der Waals surface area contributed by atoms with Gasteiger partial charge in [0.15, 0.2) is 0 Å². The second-order valence-electron chi connectivity index (χ2n) is 8.69. The van der Waals surface area contributed by atoms with Crippen LogP contribution in [-0.4, -0.2) is 30.0 Å². The number of hydrogen-bond acceptors (Lipinski definition) is 4. The van der Waals surface area contributed by atoms with E-state index in [4.69, 9.17) is 10.5 Å². The van der Waals surface area contributed by atoms with E-state index in [1.54, 1.807) is 0 Å². The smallest absolute Gasteiger partial charge is 0.408 e. The summed E-state index contributed by atoms with van der Waals surface area (Å²) in [5.74, 6) is -0.999. The maximum Gasteiger partial charge on any atom is 0.408 e. The molecule has 34 heavy (non-hydrogen) atoms. The second kappa shape index (κ2) is 11.8. The van der Waals surface area contributed by atoms with Crippen molar-refractivity contribution in [2.45, 2.75) is 45.4 Å². The predicted octanol–water partition coefficient (Wildman–Crippen LogP) is 3.69. The summed E-state index contributed by atoms with van der Waals surface area (Å²) in [5.41, 5.74) is 7.37. The van der Waals surface area contributed by atoms with Crippen LogP contribution in [0.25, 0.3) is 10.8 Å². The zero-order valence-corrected chi connectivity index (χ0v) is 19.5. The van der Waals surface area contributed by atoms with Gasteiger partial charge in [-0.2, -0.15) is 0 Å². The van der Waals surface area contributed by atoms with Gasteiger partial charge in [-0.15, -0.1) is 0 Å². The SMILES string of the molecule is CC(C)C[C@H](NC(=O)OCc1ccccc1)C(=O)N[C@H](Cc1cccc2ccccc12)C(N)=O. The number of rotatable bonds is 10. The van der Waals surface area contributed by atoms with Gasteiger partial charge in [0.25, 0.3) is 0 Å². The summed E-state index contributed by atoms with van der Waals surface area (Å²) >= 11 is 0. The molecular formula is C27H31N3O4. The summed E-state index contributed by atoms with van der Waals surface area (Å²) in [5, 5.41) is 7.39. The zero-order valence-electron chi connectivity index (χ0n) is 19.5. The number of carbonyl (C=O) groups excluding carboxylic acids is 3. The number of ether oxygens (including phenoxy) is 1. The maximum absolute atomic E-state index is 13.1. The Bertz CT molecular complexity index is 1130. The number of carbonyl (C=O) groups is 3. The lowest BCUT2D eigenvalue weighted by molar-refractivity contribution is -0.128. The van der Waals surface area contributed by atoms with Gasteiger partial charge in [0.05, 0.1) is 0 Å². The Morgan fingerprint density at radius 1 is 0.853 bits per heavy atom. The molecule has 0 aromatic heterocycles. The van der Waals surface area contributed by atoms with E-state index in [1.807, 2.05) is 86.6 Å². The Balaban J connectivity index is 1.67. The summed E-state index contributed by atoms with van der Waals surface area (Å²) in [7, 11) is 0. The molecule has 0 saturated carbocycles. The molecule has 178 valence electrons. The van der Waals surface area contributed by atoms with E-state index < -0.39 is 30.0 Å². The van der Waals surface area contributed by atoms with Crippen LogP contribution in [0.15, 0.2) is 72.8 Å². The Labute approximate surface area is 199 Å². The normalized spacial score (nSPS) is 12.7. The van der Waals surface area contributed by atoms with E-state index in [2.05, 4.69) is 10.6 Å². The lowest BCUT2D eigenvalue weighted by Gasteiger charge is -2.23. The van der Waals surface area contributed by atoms with E-state index in [9.17, 15) is 14.4 Å². The van der Waals surface area contributed by atoms with Gasteiger partial charge in [-0.05, 0) is 34.2 Å². The lowest BCUT2D eigenvalue weighted by atomic mass is 9.97. The highest BCUT2D eigenvalue weighted by Gasteiger charge is 2.27. The molecule has 0 aliphatic rings. The molecule has 0 aliphatic carbocycles. The topological polar surface area (TPSA) is 111 Å². The molecule has 0 fully saturated rings. The summed E-state index contributed by atoms with van der Waals surface area (Å²) < 4.78 is 5.26. The molecule has 7 heteroatoms. The fourth-order valence-corrected chi connectivity index (χ4v) is 3.80. The number of benzene rings is 3. The molecule has 0 spiro atoms. The van der Waals surface area contributed by atoms with Crippen LogP contribution in [0.3, 0.4) is 0 Å². The third-order valence-corrected chi connectivity index (χ3v) is 5.49. The summed E-state index contributed by atoms with van der Waals surface area (Å²) in [4.78, 5) is 37.6. The largest absolute Gasteiger partial charge is 0.445 e. The first-order valence-electron chi connectivity index (χ1n) is 11.4. The van der Waals surface area contributed by atoms with E-state index >= 15 is 0 Å². The first-order valence-corrected chi connectivity index (χ1v) is 11.4. The molecule has 0 saturated heterocycles. The molecule has 2 atom stereocenters. The molecule has 0 bridgehead atoms. The average Bonchev–Trinajstić information content (AvgIpc) is 2.82. The maximum atomic E-state index is 13.1. The number of nitrogens with one attached hydrogen (secondary N) is 2. The lowest BCUT2D eigenvalue weighted by Crippen LogP contribution is -2.54. The Hall–Kier alpha value is -3.87.